The number of hydrogen-bond donors (Lipinski definition) is 2. The Morgan fingerprint density at radius 3 is 2.95 bits per heavy atom. The highest BCUT2D eigenvalue weighted by Crippen LogP contribution is 2.18. The minimum Gasteiger partial charge on any atom is -0.480 e. The van der Waals surface area contributed by atoms with Gasteiger partial charge >= 0.3 is 5.97 Å². The Labute approximate surface area is 122 Å². The molecule has 7 nitrogen and oxygen atoms in total. The largest absolute Gasteiger partial charge is 0.480 e. The summed E-state index contributed by atoms with van der Waals surface area (Å²) in [5.41, 5.74) is 0. The molecular weight excluding hydrogens is 278 g/mol. The Morgan fingerprint density at radius 2 is 2.33 bits per heavy atom. The fourth-order valence-electron chi connectivity index (χ4n) is 2.34. The first-order valence-electron chi connectivity index (χ1n) is 6.81. The fourth-order valence-corrected chi connectivity index (χ4v) is 2.34. The van der Waals surface area contributed by atoms with Crippen LogP contribution in [0.1, 0.15) is 29.2 Å². The summed E-state index contributed by atoms with van der Waals surface area (Å²) in [5, 5.41) is 11.8. The Kier molecular flexibility index (Phi) is 5.35. The van der Waals surface area contributed by atoms with E-state index in [1.54, 1.807) is 6.07 Å². The van der Waals surface area contributed by atoms with Gasteiger partial charge in [0.15, 0.2) is 5.76 Å². The maximum atomic E-state index is 12.1. The lowest BCUT2D eigenvalue weighted by Gasteiger charge is -2.27. The van der Waals surface area contributed by atoms with Gasteiger partial charge in [0.2, 0.25) is 0 Å². The van der Waals surface area contributed by atoms with Crippen LogP contribution in [0.4, 0.5) is 0 Å². The average molecular weight is 297 g/mol. The molecule has 0 saturated carbocycles. The first-order valence-corrected chi connectivity index (χ1v) is 6.81. The Hall–Kier alpha value is -1.86. The molecule has 2 rings (SSSR count). The number of carbonyl (C=O) groups is 2. The lowest BCUT2D eigenvalue weighted by Crippen LogP contribution is -2.48. The van der Waals surface area contributed by atoms with Crippen LogP contribution in [0.5, 0.6) is 0 Å². The highest BCUT2D eigenvalue weighted by atomic mass is 16.5. The van der Waals surface area contributed by atoms with Crippen LogP contribution in [0, 0.1) is 5.92 Å². The van der Waals surface area contributed by atoms with Crippen molar-refractivity contribution in [1.29, 1.82) is 0 Å². The van der Waals surface area contributed by atoms with Crippen molar-refractivity contribution in [1.82, 2.24) is 5.32 Å². The van der Waals surface area contributed by atoms with Crippen molar-refractivity contribution in [2.75, 3.05) is 20.3 Å². The lowest BCUT2D eigenvalue weighted by molar-refractivity contribution is -0.142. The molecule has 0 unspecified atom stereocenters. The molecule has 21 heavy (non-hydrogen) atoms. The van der Waals surface area contributed by atoms with Gasteiger partial charge in [-0.2, -0.15) is 0 Å². The van der Waals surface area contributed by atoms with E-state index in [2.05, 4.69) is 5.32 Å². The summed E-state index contributed by atoms with van der Waals surface area (Å²) < 4.78 is 15.5. The zero-order valence-electron chi connectivity index (χ0n) is 11.8. The van der Waals surface area contributed by atoms with Crippen molar-refractivity contribution < 1.29 is 28.6 Å². The third kappa shape index (κ3) is 4.05. The van der Waals surface area contributed by atoms with Gasteiger partial charge in [0.25, 0.3) is 5.91 Å². The van der Waals surface area contributed by atoms with Crippen LogP contribution in [0.2, 0.25) is 0 Å². The SMILES string of the molecule is COCc1ccc(C(=O)N[C@H](C(=O)O)[C@@H]2CCCOC2)o1. The van der Waals surface area contributed by atoms with Crippen LogP contribution < -0.4 is 5.32 Å². The first-order chi connectivity index (χ1) is 10.1. The second kappa shape index (κ2) is 7.24. The van der Waals surface area contributed by atoms with E-state index in [1.165, 1.54) is 13.2 Å². The fraction of sp³-hybridized carbons (Fsp3) is 0.571. The maximum Gasteiger partial charge on any atom is 0.326 e. The van der Waals surface area contributed by atoms with Crippen molar-refractivity contribution in [2.45, 2.75) is 25.5 Å². The Bertz CT molecular complexity index is 491. The number of aliphatic carboxylic acids is 1. The summed E-state index contributed by atoms with van der Waals surface area (Å²) in [6.45, 7) is 1.23. The van der Waals surface area contributed by atoms with Crippen molar-refractivity contribution >= 4 is 11.9 Å². The molecule has 2 atom stereocenters. The van der Waals surface area contributed by atoms with E-state index >= 15 is 0 Å². The van der Waals surface area contributed by atoms with Gasteiger partial charge in [0, 0.05) is 19.6 Å². The van der Waals surface area contributed by atoms with E-state index in [9.17, 15) is 14.7 Å². The maximum absolute atomic E-state index is 12.1. The second-order valence-electron chi connectivity index (χ2n) is 4.97. The van der Waals surface area contributed by atoms with Gasteiger partial charge in [-0.25, -0.2) is 4.79 Å². The molecule has 0 spiro atoms. The van der Waals surface area contributed by atoms with E-state index in [-0.39, 0.29) is 18.3 Å². The molecule has 1 amide bonds. The molecule has 2 heterocycles. The number of nitrogens with one attached hydrogen (secondary N) is 1. The average Bonchev–Trinajstić information content (AvgIpc) is 2.94. The zero-order chi connectivity index (χ0) is 15.2. The van der Waals surface area contributed by atoms with Crippen LogP contribution in [-0.4, -0.2) is 43.3 Å². The van der Waals surface area contributed by atoms with Crippen LogP contribution in [0.15, 0.2) is 16.5 Å². The second-order valence-corrected chi connectivity index (χ2v) is 4.97. The number of carboxylic acids is 1. The van der Waals surface area contributed by atoms with Gasteiger partial charge in [-0.15, -0.1) is 0 Å². The van der Waals surface area contributed by atoms with E-state index in [0.717, 1.165) is 6.42 Å². The number of carboxylic acid groups (broad SMARTS) is 1. The summed E-state index contributed by atoms with van der Waals surface area (Å²) >= 11 is 0. The first kappa shape index (κ1) is 15.5. The number of ether oxygens (including phenoxy) is 2. The Morgan fingerprint density at radius 1 is 1.52 bits per heavy atom. The lowest BCUT2D eigenvalue weighted by atomic mass is 9.93. The summed E-state index contributed by atoms with van der Waals surface area (Å²) in [7, 11) is 1.52. The number of amides is 1. The van der Waals surface area contributed by atoms with E-state index in [1.807, 2.05) is 0 Å². The number of furan rings is 1. The van der Waals surface area contributed by atoms with Gasteiger partial charge in [0.1, 0.15) is 18.4 Å². The molecule has 1 aliphatic heterocycles. The molecule has 0 radical (unpaired) electrons. The molecule has 1 fully saturated rings. The summed E-state index contributed by atoms with van der Waals surface area (Å²) in [6, 6.07) is 2.14. The molecule has 1 aromatic rings. The molecule has 0 bridgehead atoms. The van der Waals surface area contributed by atoms with Crippen molar-refractivity contribution in [2.24, 2.45) is 5.92 Å². The van der Waals surface area contributed by atoms with Crippen LogP contribution in [0.25, 0.3) is 0 Å². The van der Waals surface area contributed by atoms with Crippen molar-refractivity contribution in [3.8, 4) is 0 Å². The number of carbonyl (C=O) groups excluding carboxylic acids is 1. The van der Waals surface area contributed by atoms with Crippen LogP contribution >= 0.6 is 0 Å². The molecular formula is C14H19NO6. The van der Waals surface area contributed by atoms with E-state index in [0.29, 0.717) is 25.4 Å². The normalized spacial score (nSPS) is 20.0. The summed E-state index contributed by atoms with van der Waals surface area (Å²) in [5.74, 6) is -1.26. The standard InChI is InChI=1S/C14H19NO6/c1-19-8-10-4-5-11(21-10)13(16)15-12(14(17)18)9-3-2-6-20-7-9/h4-5,9,12H,2-3,6-8H2,1H3,(H,15,16)(H,17,18)/t9-,12+/m1/s1. The van der Waals surface area contributed by atoms with Gasteiger partial charge < -0.3 is 24.3 Å². The molecule has 2 N–H and O–H groups in total. The molecule has 1 aromatic heterocycles. The number of hydrogen-bond acceptors (Lipinski definition) is 5. The molecule has 7 heteroatoms. The minimum absolute atomic E-state index is 0.0741. The summed E-state index contributed by atoms with van der Waals surface area (Å²) in [4.78, 5) is 23.4. The van der Waals surface area contributed by atoms with Gasteiger partial charge in [-0.3, -0.25) is 4.79 Å². The minimum atomic E-state index is -1.07. The molecule has 0 aliphatic carbocycles. The molecule has 1 saturated heterocycles. The highest BCUT2D eigenvalue weighted by Gasteiger charge is 2.32. The smallest absolute Gasteiger partial charge is 0.326 e. The van der Waals surface area contributed by atoms with Crippen molar-refractivity contribution in [3.05, 3.63) is 23.7 Å². The topological polar surface area (TPSA) is 98.0 Å². The quantitative estimate of drug-likeness (QED) is 0.814. The van der Waals surface area contributed by atoms with Crippen LogP contribution in [0.3, 0.4) is 0 Å². The molecule has 0 aromatic carbocycles. The molecule has 1 aliphatic rings. The zero-order valence-corrected chi connectivity index (χ0v) is 11.8. The number of rotatable bonds is 6. The predicted molar refractivity (Wildman–Crippen MR) is 71.9 cm³/mol. The van der Waals surface area contributed by atoms with Crippen LogP contribution in [-0.2, 0) is 20.9 Å². The van der Waals surface area contributed by atoms with E-state index < -0.39 is 17.9 Å². The van der Waals surface area contributed by atoms with Gasteiger partial charge in [0.05, 0.1) is 6.61 Å². The summed E-state index contributed by atoms with van der Waals surface area (Å²) in [6.07, 6.45) is 1.51. The Balaban J connectivity index is 2.01. The highest BCUT2D eigenvalue weighted by molar-refractivity contribution is 5.94. The van der Waals surface area contributed by atoms with E-state index in [4.69, 9.17) is 13.9 Å². The third-order valence-corrected chi connectivity index (χ3v) is 3.39. The predicted octanol–water partition coefficient (Wildman–Crippen LogP) is 1.04. The molecule has 116 valence electrons. The third-order valence-electron chi connectivity index (χ3n) is 3.39. The van der Waals surface area contributed by atoms with Crippen molar-refractivity contribution in [3.63, 3.8) is 0 Å². The monoisotopic (exact) mass is 297 g/mol. The van der Waals surface area contributed by atoms with Gasteiger partial charge in [-0.1, -0.05) is 0 Å². The number of methoxy groups -OCH3 is 1. The van der Waals surface area contributed by atoms with Gasteiger partial charge in [-0.05, 0) is 25.0 Å².